The molecule has 1 aliphatic carbocycles. The number of aromatic amines is 1. The number of nitrogens with zero attached hydrogens (tertiary/aromatic N) is 4. The number of tetrazole rings is 1. The molecule has 10 nitrogen and oxygen atoms in total. The number of H-pyrrole nitrogens is 1. The summed E-state index contributed by atoms with van der Waals surface area (Å²) in [6, 6.07) is 7.97. The van der Waals surface area contributed by atoms with Gasteiger partial charge in [-0.25, -0.2) is 0 Å². The highest BCUT2D eigenvalue weighted by Gasteiger charge is 2.32. The van der Waals surface area contributed by atoms with Crippen molar-refractivity contribution >= 4 is 16.8 Å². The Kier molecular flexibility index (Phi) is 7.01. The number of amides is 1. The predicted molar refractivity (Wildman–Crippen MR) is 122 cm³/mol. The fourth-order valence-corrected chi connectivity index (χ4v) is 4.65. The van der Waals surface area contributed by atoms with Crippen LogP contribution in [0.25, 0.3) is 10.9 Å². The molecule has 0 bridgehead atoms. The van der Waals surface area contributed by atoms with Crippen LogP contribution in [0.2, 0.25) is 0 Å². The van der Waals surface area contributed by atoms with E-state index in [2.05, 4.69) is 31.3 Å². The van der Waals surface area contributed by atoms with E-state index in [4.69, 9.17) is 10.5 Å². The van der Waals surface area contributed by atoms with Crippen LogP contribution in [0.4, 0.5) is 0 Å². The van der Waals surface area contributed by atoms with Crippen molar-refractivity contribution in [3.63, 3.8) is 0 Å². The van der Waals surface area contributed by atoms with E-state index in [9.17, 15) is 4.79 Å². The van der Waals surface area contributed by atoms with Gasteiger partial charge in [0.25, 0.3) is 5.91 Å². The van der Waals surface area contributed by atoms with Gasteiger partial charge in [0.15, 0.2) is 5.82 Å². The van der Waals surface area contributed by atoms with Crippen LogP contribution < -0.4 is 21.1 Å². The number of ether oxygens (including phenoxy) is 1. The quantitative estimate of drug-likeness (QED) is 0.375. The molecular weight excluding hydrogens is 408 g/mol. The number of fused-ring (bicyclic) bond motifs is 1. The summed E-state index contributed by atoms with van der Waals surface area (Å²) in [4.78, 5) is 13.2. The van der Waals surface area contributed by atoms with Gasteiger partial charge >= 0.3 is 0 Å². The van der Waals surface area contributed by atoms with Crippen molar-refractivity contribution in [1.29, 1.82) is 0 Å². The third-order valence-corrected chi connectivity index (χ3v) is 6.41. The topological polar surface area (TPSA) is 136 Å². The zero-order chi connectivity index (χ0) is 22.5. The van der Waals surface area contributed by atoms with E-state index in [0.717, 1.165) is 54.6 Å². The zero-order valence-electron chi connectivity index (χ0n) is 18.7. The van der Waals surface area contributed by atoms with Crippen molar-refractivity contribution in [3.8, 4) is 5.75 Å². The van der Waals surface area contributed by atoms with E-state index in [1.54, 1.807) is 7.11 Å². The Balaban J connectivity index is 1.43. The molecule has 2 aromatic heterocycles. The number of methoxy groups -OCH3 is 1. The summed E-state index contributed by atoms with van der Waals surface area (Å²) in [6.45, 7) is 1.26. The van der Waals surface area contributed by atoms with Crippen LogP contribution in [0.1, 0.15) is 54.3 Å². The third-order valence-electron chi connectivity index (χ3n) is 6.41. The number of carbonyl (C=O) groups is 1. The number of nitrogens with one attached hydrogen (secondary N) is 3. The summed E-state index contributed by atoms with van der Waals surface area (Å²) in [5.41, 5.74) is 7.36. The Morgan fingerprint density at radius 2 is 2.25 bits per heavy atom. The second-order valence-electron chi connectivity index (χ2n) is 8.44. The fourth-order valence-electron chi connectivity index (χ4n) is 4.65. The normalized spacial score (nSPS) is 19.3. The van der Waals surface area contributed by atoms with Gasteiger partial charge in [0, 0.05) is 42.5 Å². The van der Waals surface area contributed by atoms with Crippen LogP contribution in [0.5, 0.6) is 5.75 Å². The van der Waals surface area contributed by atoms with Crippen molar-refractivity contribution in [2.75, 3.05) is 20.2 Å². The summed E-state index contributed by atoms with van der Waals surface area (Å²) in [5, 5.41) is 22.4. The van der Waals surface area contributed by atoms with Crippen LogP contribution in [-0.2, 0) is 7.05 Å². The molecule has 10 heteroatoms. The minimum atomic E-state index is -0.0902. The first-order valence-corrected chi connectivity index (χ1v) is 11.2. The van der Waals surface area contributed by atoms with Gasteiger partial charge in [-0.2, -0.15) is 5.21 Å². The number of hydrogen-bond donors (Lipinski definition) is 4. The lowest BCUT2D eigenvalue weighted by molar-refractivity contribution is 0.0925. The summed E-state index contributed by atoms with van der Waals surface area (Å²) in [5.74, 6) is 1.68. The molecule has 2 heterocycles. The molecule has 1 amide bonds. The van der Waals surface area contributed by atoms with Crippen molar-refractivity contribution in [2.24, 2.45) is 12.8 Å². The Morgan fingerprint density at radius 3 is 3.00 bits per heavy atom. The molecule has 1 aliphatic rings. The number of aromatic nitrogens is 5. The molecule has 3 atom stereocenters. The van der Waals surface area contributed by atoms with Gasteiger partial charge in [0.05, 0.1) is 7.11 Å². The Morgan fingerprint density at radius 1 is 1.38 bits per heavy atom. The maximum absolute atomic E-state index is 13.2. The van der Waals surface area contributed by atoms with Crippen LogP contribution in [0.15, 0.2) is 24.3 Å². The van der Waals surface area contributed by atoms with Crippen LogP contribution in [0.3, 0.4) is 0 Å². The van der Waals surface area contributed by atoms with E-state index < -0.39 is 0 Å². The molecule has 3 aromatic rings. The maximum atomic E-state index is 13.2. The average molecular weight is 441 g/mol. The standard InChI is InChI=1S/C22H32N8O2/c1-30-19-9-8-16(32-2)11-14(19)12-20(30)22(31)25-15(5-4-10-23)13-24-18-7-3-6-17(18)21-26-28-29-27-21/h8-9,11-12,15,17-18,24H,3-7,10,13,23H2,1-2H3,(H,25,31)(H,26,27,28,29)/t15-,17+,18-/m0/s1. The third kappa shape index (κ3) is 4.76. The number of hydrogen-bond acceptors (Lipinski definition) is 7. The monoisotopic (exact) mass is 440 g/mol. The number of carbonyl (C=O) groups excluding carboxylic acids is 1. The predicted octanol–water partition coefficient (Wildman–Crippen LogP) is 1.46. The zero-order valence-corrected chi connectivity index (χ0v) is 18.7. The minimum absolute atomic E-state index is 0.0230. The van der Waals surface area contributed by atoms with E-state index in [-0.39, 0.29) is 23.9 Å². The molecule has 5 N–H and O–H groups in total. The van der Waals surface area contributed by atoms with E-state index in [1.165, 1.54) is 0 Å². The number of nitrogens with two attached hydrogens (primary N) is 1. The Bertz CT molecular complexity index is 1030. The van der Waals surface area contributed by atoms with Crippen molar-refractivity contribution in [2.45, 2.75) is 50.1 Å². The first kappa shape index (κ1) is 22.2. The van der Waals surface area contributed by atoms with Crippen LogP contribution >= 0.6 is 0 Å². The molecule has 0 unspecified atom stereocenters. The Hall–Kier alpha value is -2.98. The largest absolute Gasteiger partial charge is 0.497 e. The molecule has 0 saturated heterocycles. The lowest BCUT2D eigenvalue weighted by Crippen LogP contribution is -2.46. The molecular formula is C22H32N8O2. The van der Waals surface area contributed by atoms with Gasteiger partial charge in [0.1, 0.15) is 11.4 Å². The summed E-state index contributed by atoms with van der Waals surface area (Å²) < 4.78 is 7.23. The summed E-state index contributed by atoms with van der Waals surface area (Å²) in [6.07, 6.45) is 4.87. The van der Waals surface area contributed by atoms with Gasteiger partial charge in [-0.05, 0) is 56.5 Å². The molecule has 172 valence electrons. The summed E-state index contributed by atoms with van der Waals surface area (Å²) in [7, 11) is 3.55. The maximum Gasteiger partial charge on any atom is 0.268 e. The van der Waals surface area contributed by atoms with Gasteiger partial charge < -0.3 is 25.7 Å². The van der Waals surface area contributed by atoms with Crippen molar-refractivity contribution in [3.05, 3.63) is 35.8 Å². The molecule has 1 saturated carbocycles. The highest BCUT2D eigenvalue weighted by atomic mass is 16.5. The molecule has 4 rings (SSSR count). The molecule has 1 aromatic carbocycles. The van der Waals surface area contributed by atoms with E-state index >= 15 is 0 Å². The smallest absolute Gasteiger partial charge is 0.268 e. The Labute approximate surface area is 187 Å². The van der Waals surface area contributed by atoms with Crippen LogP contribution in [-0.4, -0.2) is 63.4 Å². The molecule has 1 fully saturated rings. The van der Waals surface area contributed by atoms with E-state index in [0.29, 0.717) is 18.8 Å². The average Bonchev–Trinajstić information content (AvgIpc) is 3.55. The lowest BCUT2D eigenvalue weighted by atomic mass is 10.0. The highest BCUT2D eigenvalue weighted by Crippen LogP contribution is 2.32. The van der Waals surface area contributed by atoms with Gasteiger partial charge in [-0.15, -0.1) is 10.2 Å². The summed E-state index contributed by atoms with van der Waals surface area (Å²) >= 11 is 0. The first-order chi connectivity index (χ1) is 15.6. The molecule has 0 aliphatic heterocycles. The lowest BCUT2D eigenvalue weighted by Gasteiger charge is -2.24. The van der Waals surface area contributed by atoms with Crippen LogP contribution in [0, 0.1) is 0 Å². The number of benzene rings is 1. The van der Waals surface area contributed by atoms with Gasteiger partial charge in [-0.1, -0.05) is 11.6 Å². The van der Waals surface area contributed by atoms with Gasteiger partial charge in [-0.3, -0.25) is 4.79 Å². The second kappa shape index (κ2) is 10.1. The first-order valence-electron chi connectivity index (χ1n) is 11.2. The molecule has 0 spiro atoms. The minimum Gasteiger partial charge on any atom is -0.497 e. The molecule has 0 radical (unpaired) electrons. The van der Waals surface area contributed by atoms with Gasteiger partial charge in [0.2, 0.25) is 0 Å². The SMILES string of the molecule is COc1ccc2c(c1)cc(C(=O)N[C@@H](CCCN)CN[C@H]1CCC[C@H]1c1nn[nH]n1)n2C. The number of aryl methyl sites for hydroxylation is 1. The molecule has 32 heavy (non-hydrogen) atoms. The van der Waals surface area contributed by atoms with Crippen molar-refractivity contribution in [1.82, 2.24) is 35.8 Å². The number of rotatable bonds is 10. The van der Waals surface area contributed by atoms with Crippen molar-refractivity contribution < 1.29 is 9.53 Å². The van der Waals surface area contributed by atoms with E-state index in [1.807, 2.05) is 35.9 Å². The second-order valence-corrected chi connectivity index (χ2v) is 8.44. The highest BCUT2D eigenvalue weighted by molar-refractivity contribution is 5.99. The fraction of sp³-hybridized carbons (Fsp3) is 0.545.